The summed E-state index contributed by atoms with van der Waals surface area (Å²) in [5, 5.41) is 16.8. The number of aromatic amines is 1. The molecule has 1 aromatic carbocycles. The van der Waals surface area contributed by atoms with Crippen molar-refractivity contribution in [2.75, 3.05) is 10.6 Å². The van der Waals surface area contributed by atoms with Gasteiger partial charge in [-0.2, -0.15) is 10.1 Å². The third kappa shape index (κ3) is 6.04. The maximum atomic E-state index is 11.8. The number of H-pyrrole nitrogens is 1. The predicted molar refractivity (Wildman–Crippen MR) is 125 cm³/mol. The lowest BCUT2D eigenvalue weighted by molar-refractivity contribution is -0.121. The molecule has 162 valence electrons. The molecule has 2 aromatic heterocycles. The summed E-state index contributed by atoms with van der Waals surface area (Å²) in [6.07, 6.45) is 5.32. The van der Waals surface area contributed by atoms with Crippen LogP contribution in [0, 0.1) is 0 Å². The van der Waals surface area contributed by atoms with Gasteiger partial charge in [0.1, 0.15) is 0 Å². The first-order valence-corrected chi connectivity index (χ1v) is 11.3. The van der Waals surface area contributed by atoms with Crippen LogP contribution in [0.1, 0.15) is 50.3 Å². The second kappa shape index (κ2) is 9.47. The SMILES string of the molecule is CC(C)NC(=O)CCc1ccc(Nc2ncc(Br)c(Nc3cc(C4CC4)[nH]n3)n2)cc1. The average molecular weight is 484 g/mol. The van der Waals surface area contributed by atoms with Crippen LogP contribution in [-0.2, 0) is 11.2 Å². The third-order valence-corrected chi connectivity index (χ3v) is 5.49. The minimum Gasteiger partial charge on any atom is -0.354 e. The number of aromatic nitrogens is 4. The van der Waals surface area contributed by atoms with E-state index in [2.05, 4.69) is 52.0 Å². The highest BCUT2D eigenvalue weighted by atomic mass is 79.9. The Bertz CT molecular complexity index is 1040. The molecule has 1 aliphatic carbocycles. The Balaban J connectivity index is 1.36. The Morgan fingerprint density at radius 2 is 2.00 bits per heavy atom. The van der Waals surface area contributed by atoms with Crippen LogP contribution < -0.4 is 16.0 Å². The molecule has 0 saturated heterocycles. The van der Waals surface area contributed by atoms with E-state index in [1.807, 2.05) is 44.2 Å². The number of hydrogen-bond donors (Lipinski definition) is 4. The van der Waals surface area contributed by atoms with Gasteiger partial charge in [-0.05, 0) is 66.7 Å². The Morgan fingerprint density at radius 1 is 1.23 bits per heavy atom. The van der Waals surface area contributed by atoms with Gasteiger partial charge in [-0.3, -0.25) is 9.89 Å². The van der Waals surface area contributed by atoms with Gasteiger partial charge in [-0.25, -0.2) is 4.98 Å². The molecule has 4 N–H and O–H groups in total. The number of anilines is 4. The molecule has 8 nitrogen and oxygen atoms in total. The zero-order valence-electron chi connectivity index (χ0n) is 17.6. The van der Waals surface area contributed by atoms with E-state index in [4.69, 9.17) is 0 Å². The molecule has 2 heterocycles. The van der Waals surface area contributed by atoms with Crippen molar-refractivity contribution < 1.29 is 4.79 Å². The summed E-state index contributed by atoms with van der Waals surface area (Å²) in [7, 11) is 0. The smallest absolute Gasteiger partial charge is 0.229 e. The highest BCUT2D eigenvalue weighted by molar-refractivity contribution is 9.10. The van der Waals surface area contributed by atoms with Crippen LogP contribution in [-0.4, -0.2) is 32.1 Å². The topological polar surface area (TPSA) is 108 Å². The quantitative estimate of drug-likeness (QED) is 0.348. The van der Waals surface area contributed by atoms with Crippen molar-refractivity contribution in [3.63, 3.8) is 0 Å². The molecule has 3 aromatic rings. The first-order chi connectivity index (χ1) is 15.0. The van der Waals surface area contributed by atoms with Crippen molar-refractivity contribution in [3.05, 3.63) is 52.3 Å². The van der Waals surface area contributed by atoms with E-state index < -0.39 is 0 Å². The van der Waals surface area contributed by atoms with Crippen LogP contribution in [0.15, 0.2) is 41.0 Å². The van der Waals surface area contributed by atoms with Gasteiger partial charge in [-0.1, -0.05) is 12.1 Å². The number of nitrogens with one attached hydrogen (secondary N) is 4. The summed E-state index contributed by atoms with van der Waals surface area (Å²) in [5.74, 6) is 2.54. The van der Waals surface area contributed by atoms with Crippen molar-refractivity contribution >= 4 is 45.1 Å². The van der Waals surface area contributed by atoms with Crippen molar-refractivity contribution in [1.29, 1.82) is 0 Å². The standard InChI is InChI=1S/C22H26BrN7O/c1-13(2)25-20(31)10-5-14-3-8-16(9-4-14)26-22-24-12-17(23)21(28-22)27-19-11-18(29-30-19)15-6-7-15/h3-4,8-9,11-13,15H,5-7,10H2,1-2H3,(H,25,31)(H3,24,26,27,28,29,30). The molecule has 0 unspecified atom stereocenters. The number of aryl methyl sites for hydroxylation is 1. The lowest BCUT2D eigenvalue weighted by Crippen LogP contribution is -2.30. The average Bonchev–Trinajstić information content (AvgIpc) is 3.48. The van der Waals surface area contributed by atoms with Gasteiger partial charge in [0.25, 0.3) is 0 Å². The largest absolute Gasteiger partial charge is 0.354 e. The minimum absolute atomic E-state index is 0.0710. The van der Waals surface area contributed by atoms with Crippen LogP contribution >= 0.6 is 15.9 Å². The number of nitrogens with zero attached hydrogens (tertiary/aromatic N) is 3. The van der Waals surface area contributed by atoms with Crippen LogP contribution in [0.4, 0.5) is 23.3 Å². The Labute approximate surface area is 189 Å². The monoisotopic (exact) mass is 483 g/mol. The molecule has 1 amide bonds. The first-order valence-electron chi connectivity index (χ1n) is 10.5. The van der Waals surface area contributed by atoms with E-state index in [1.165, 1.54) is 12.8 Å². The summed E-state index contributed by atoms with van der Waals surface area (Å²) < 4.78 is 0.754. The highest BCUT2D eigenvalue weighted by Gasteiger charge is 2.25. The third-order valence-electron chi connectivity index (χ3n) is 4.91. The van der Waals surface area contributed by atoms with Gasteiger partial charge in [0, 0.05) is 42.0 Å². The molecular formula is C22H26BrN7O. The van der Waals surface area contributed by atoms with Crippen LogP contribution in [0.5, 0.6) is 0 Å². The number of carbonyl (C=O) groups is 1. The lowest BCUT2D eigenvalue weighted by atomic mass is 10.1. The van der Waals surface area contributed by atoms with E-state index in [0.717, 1.165) is 27.2 Å². The maximum Gasteiger partial charge on any atom is 0.229 e. The summed E-state index contributed by atoms with van der Waals surface area (Å²) in [6, 6.07) is 10.1. The van der Waals surface area contributed by atoms with Crippen LogP contribution in [0.25, 0.3) is 0 Å². The van der Waals surface area contributed by atoms with Gasteiger partial charge in [0.2, 0.25) is 11.9 Å². The van der Waals surface area contributed by atoms with E-state index >= 15 is 0 Å². The van der Waals surface area contributed by atoms with E-state index in [9.17, 15) is 4.79 Å². The number of rotatable bonds is 9. The molecule has 0 radical (unpaired) electrons. The number of halogens is 1. The molecule has 0 bridgehead atoms. The second-order valence-corrected chi connectivity index (χ2v) is 8.90. The molecule has 1 fully saturated rings. The molecule has 0 aliphatic heterocycles. The molecular weight excluding hydrogens is 458 g/mol. The Kier molecular flexibility index (Phi) is 6.50. The molecule has 0 spiro atoms. The first kappa shape index (κ1) is 21.3. The molecule has 1 aliphatic rings. The fourth-order valence-corrected chi connectivity index (χ4v) is 3.47. The fraction of sp³-hybridized carbons (Fsp3) is 0.364. The zero-order valence-corrected chi connectivity index (χ0v) is 19.2. The van der Waals surface area contributed by atoms with Crippen molar-refractivity contribution in [1.82, 2.24) is 25.5 Å². The summed E-state index contributed by atoms with van der Waals surface area (Å²) in [4.78, 5) is 20.7. The van der Waals surface area contributed by atoms with Crippen molar-refractivity contribution in [2.24, 2.45) is 0 Å². The number of carbonyl (C=O) groups excluding carboxylic acids is 1. The summed E-state index contributed by atoms with van der Waals surface area (Å²) in [6.45, 7) is 3.92. The van der Waals surface area contributed by atoms with E-state index in [1.54, 1.807) is 6.20 Å². The number of amides is 1. The predicted octanol–water partition coefficient (Wildman–Crippen LogP) is 4.78. The lowest BCUT2D eigenvalue weighted by Gasteiger charge is -2.10. The molecule has 4 rings (SSSR count). The normalized spacial score (nSPS) is 13.3. The van der Waals surface area contributed by atoms with E-state index in [0.29, 0.717) is 30.5 Å². The molecule has 1 saturated carbocycles. The second-order valence-electron chi connectivity index (χ2n) is 8.04. The van der Waals surface area contributed by atoms with Crippen molar-refractivity contribution in [2.45, 2.75) is 51.5 Å². The van der Waals surface area contributed by atoms with Crippen molar-refractivity contribution in [3.8, 4) is 0 Å². The number of benzene rings is 1. The van der Waals surface area contributed by atoms with Gasteiger partial charge in [-0.15, -0.1) is 0 Å². The highest BCUT2D eigenvalue weighted by Crippen LogP contribution is 2.39. The van der Waals surface area contributed by atoms with Crippen LogP contribution in [0.2, 0.25) is 0 Å². The van der Waals surface area contributed by atoms with Crippen LogP contribution in [0.3, 0.4) is 0 Å². The zero-order chi connectivity index (χ0) is 21.8. The molecule has 9 heteroatoms. The van der Waals surface area contributed by atoms with Gasteiger partial charge in [0.05, 0.1) is 4.47 Å². The summed E-state index contributed by atoms with van der Waals surface area (Å²) >= 11 is 3.49. The minimum atomic E-state index is 0.0710. The Hall–Kier alpha value is -2.94. The molecule has 31 heavy (non-hydrogen) atoms. The molecule has 0 atom stereocenters. The van der Waals surface area contributed by atoms with Gasteiger partial charge in [0.15, 0.2) is 11.6 Å². The van der Waals surface area contributed by atoms with Gasteiger partial charge < -0.3 is 16.0 Å². The van der Waals surface area contributed by atoms with E-state index in [-0.39, 0.29) is 11.9 Å². The fourth-order valence-electron chi connectivity index (χ4n) is 3.18. The maximum absolute atomic E-state index is 11.8. The number of hydrogen-bond acceptors (Lipinski definition) is 6. The Morgan fingerprint density at radius 3 is 2.71 bits per heavy atom. The summed E-state index contributed by atoms with van der Waals surface area (Å²) in [5.41, 5.74) is 3.14. The van der Waals surface area contributed by atoms with Gasteiger partial charge >= 0.3 is 0 Å².